The maximum atomic E-state index is 9.33. The molecule has 0 rings (SSSR count). The second kappa shape index (κ2) is 11.9. The number of rotatable bonds is 13. The van der Waals surface area contributed by atoms with E-state index in [0.29, 0.717) is 33.0 Å². The SMILES string of the molecule is CCCNC(C)(CO)COCCCOCCOC. The van der Waals surface area contributed by atoms with Gasteiger partial charge in [0.25, 0.3) is 0 Å². The lowest BCUT2D eigenvalue weighted by Crippen LogP contribution is -2.50. The minimum Gasteiger partial charge on any atom is -0.394 e. The van der Waals surface area contributed by atoms with Gasteiger partial charge >= 0.3 is 0 Å². The molecule has 0 spiro atoms. The fraction of sp³-hybridized carbons (Fsp3) is 1.00. The molecule has 1 unspecified atom stereocenters. The number of ether oxygens (including phenoxy) is 3. The summed E-state index contributed by atoms with van der Waals surface area (Å²) in [4.78, 5) is 0. The molecule has 0 saturated carbocycles. The van der Waals surface area contributed by atoms with Gasteiger partial charge in [-0.3, -0.25) is 0 Å². The van der Waals surface area contributed by atoms with Crippen LogP contribution >= 0.6 is 0 Å². The highest BCUT2D eigenvalue weighted by molar-refractivity contribution is 4.81. The highest BCUT2D eigenvalue weighted by Gasteiger charge is 2.22. The van der Waals surface area contributed by atoms with Gasteiger partial charge in [-0.1, -0.05) is 6.92 Å². The number of methoxy groups -OCH3 is 1. The Bertz CT molecular complexity index is 180. The topological polar surface area (TPSA) is 60.0 Å². The number of hydrogen-bond acceptors (Lipinski definition) is 5. The van der Waals surface area contributed by atoms with Crippen molar-refractivity contribution in [3.8, 4) is 0 Å². The summed E-state index contributed by atoms with van der Waals surface area (Å²) in [5.74, 6) is 0. The summed E-state index contributed by atoms with van der Waals surface area (Å²) in [7, 11) is 1.66. The molecule has 0 fully saturated rings. The average molecular weight is 263 g/mol. The van der Waals surface area contributed by atoms with E-state index in [1.807, 2.05) is 6.92 Å². The maximum absolute atomic E-state index is 9.33. The van der Waals surface area contributed by atoms with Crippen LogP contribution in [0.4, 0.5) is 0 Å². The van der Waals surface area contributed by atoms with Crippen molar-refractivity contribution >= 4 is 0 Å². The molecule has 18 heavy (non-hydrogen) atoms. The predicted octanol–water partition coefficient (Wildman–Crippen LogP) is 0.807. The van der Waals surface area contributed by atoms with Gasteiger partial charge in [-0.2, -0.15) is 0 Å². The molecule has 0 aromatic heterocycles. The molecule has 0 aromatic carbocycles. The summed E-state index contributed by atoms with van der Waals surface area (Å²) in [6, 6.07) is 0. The number of nitrogens with one attached hydrogen (secondary N) is 1. The Morgan fingerprint density at radius 3 is 2.44 bits per heavy atom. The van der Waals surface area contributed by atoms with Crippen LogP contribution in [0.3, 0.4) is 0 Å². The van der Waals surface area contributed by atoms with Crippen molar-refractivity contribution in [2.24, 2.45) is 0 Å². The Kier molecular flexibility index (Phi) is 11.7. The number of aliphatic hydroxyl groups excluding tert-OH is 1. The van der Waals surface area contributed by atoms with Crippen LogP contribution in [0.2, 0.25) is 0 Å². The first-order valence-corrected chi connectivity index (χ1v) is 6.69. The van der Waals surface area contributed by atoms with Crippen LogP contribution in [-0.4, -0.2) is 63.9 Å². The summed E-state index contributed by atoms with van der Waals surface area (Å²) in [6.07, 6.45) is 1.90. The molecule has 0 heterocycles. The van der Waals surface area contributed by atoms with E-state index in [-0.39, 0.29) is 12.1 Å². The lowest BCUT2D eigenvalue weighted by Gasteiger charge is -2.28. The van der Waals surface area contributed by atoms with E-state index in [9.17, 15) is 5.11 Å². The lowest BCUT2D eigenvalue weighted by atomic mass is 10.1. The summed E-state index contributed by atoms with van der Waals surface area (Å²) >= 11 is 0. The summed E-state index contributed by atoms with van der Waals surface area (Å²) < 4.78 is 15.8. The molecule has 2 N–H and O–H groups in total. The zero-order valence-corrected chi connectivity index (χ0v) is 12.0. The quantitative estimate of drug-likeness (QED) is 0.482. The molecule has 0 bridgehead atoms. The van der Waals surface area contributed by atoms with Gasteiger partial charge in [0.15, 0.2) is 0 Å². The Hall–Kier alpha value is -0.200. The van der Waals surface area contributed by atoms with Gasteiger partial charge < -0.3 is 24.6 Å². The zero-order chi connectivity index (χ0) is 13.7. The summed E-state index contributed by atoms with van der Waals surface area (Å²) in [5, 5.41) is 12.6. The van der Waals surface area contributed by atoms with Gasteiger partial charge in [-0.05, 0) is 26.3 Å². The van der Waals surface area contributed by atoms with Gasteiger partial charge in [-0.15, -0.1) is 0 Å². The van der Waals surface area contributed by atoms with Crippen LogP contribution in [-0.2, 0) is 14.2 Å². The molecule has 0 radical (unpaired) electrons. The second-order valence-electron chi connectivity index (χ2n) is 4.66. The Morgan fingerprint density at radius 1 is 1.11 bits per heavy atom. The van der Waals surface area contributed by atoms with E-state index in [0.717, 1.165) is 19.4 Å². The molecule has 0 aliphatic rings. The van der Waals surface area contributed by atoms with Crippen molar-refractivity contribution in [1.29, 1.82) is 0 Å². The Balaban J connectivity index is 3.44. The number of aliphatic hydroxyl groups is 1. The van der Waals surface area contributed by atoms with Crippen LogP contribution in [0.1, 0.15) is 26.7 Å². The molecule has 0 aromatic rings. The molecule has 110 valence electrons. The lowest BCUT2D eigenvalue weighted by molar-refractivity contribution is 0.0238. The summed E-state index contributed by atoms with van der Waals surface area (Å²) in [6.45, 7) is 8.14. The molecular weight excluding hydrogens is 234 g/mol. The second-order valence-corrected chi connectivity index (χ2v) is 4.66. The first-order chi connectivity index (χ1) is 8.68. The third-order valence-corrected chi connectivity index (χ3v) is 2.58. The minimum absolute atomic E-state index is 0.0807. The molecular formula is C13H29NO4. The van der Waals surface area contributed by atoms with E-state index in [1.54, 1.807) is 7.11 Å². The van der Waals surface area contributed by atoms with Crippen LogP contribution < -0.4 is 5.32 Å². The van der Waals surface area contributed by atoms with Crippen molar-refractivity contribution in [1.82, 2.24) is 5.32 Å². The van der Waals surface area contributed by atoms with Gasteiger partial charge in [0.2, 0.25) is 0 Å². The maximum Gasteiger partial charge on any atom is 0.0700 e. The highest BCUT2D eigenvalue weighted by atomic mass is 16.5. The van der Waals surface area contributed by atoms with E-state index in [1.165, 1.54) is 0 Å². The summed E-state index contributed by atoms with van der Waals surface area (Å²) in [5.41, 5.74) is -0.340. The predicted molar refractivity (Wildman–Crippen MR) is 71.9 cm³/mol. The van der Waals surface area contributed by atoms with Gasteiger partial charge in [0, 0.05) is 20.3 Å². The third kappa shape index (κ3) is 9.79. The van der Waals surface area contributed by atoms with Crippen molar-refractivity contribution in [3.05, 3.63) is 0 Å². The van der Waals surface area contributed by atoms with Crippen LogP contribution in [0.15, 0.2) is 0 Å². The van der Waals surface area contributed by atoms with Crippen LogP contribution in [0, 0.1) is 0 Å². The largest absolute Gasteiger partial charge is 0.394 e. The van der Waals surface area contributed by atoms with E-state index < -0.39 is 0 Å². The van der Waals surface area contributed by atoms with Crippen molar-refractivity contribution < 1.29 is 19.3 Å². The van der Waals surface area contributed by atoms with E-state index in [2.05, 4.69) is 12.2 Å². The minimum atomic E-state index is -0.340. The zero-order valence-electron chi connectivity index (χ0n) is 12.0. The molecule has 5 nitrogen and oxygen atoms in total. The standard InChI is InChI=1S/C13H29NO4/c1-4-6-14-13(2,11-15)12-18-8-5-7-17-10-9-16-3/h14-15H,4-12H2,1-3H3. The Labute approximate surface area is 111 Å². The van der Waals surface area contributed by atoms with E-state index >= 15 is 0 Å². The molecule has 0 amide bonds. The van der Waals surface area contributed by atoms with Gasteiger partial charge in [0.1, 0.15) is 0 Å². The average Bonchev–Trinajstić information content (AvgIpc) is 2.39. The normalized spacial score (nSPS) is 14.7. The fourth-order valence-electron chi connectivity index (χ4n) is 1.38. The molecule has 5 heteroatoms. The molecule has 0 saturated heterocycles. The monoisotopic (exact) mass is 263 g/mol. The Morgan fingerprint density at radius 2 is 1.83 bits per heavy atom. The fourth-order valence-corrected chi connectivity index (χ4v) is 1.38. The third-order valence-electron chi connectivity index (χ3n) is 2.58. The van der Waals surface area contributed by atoms with Gasteiger partial charge in [0.05, 0.1) is 32.0 Å². The highest BCUT2D eigenvalue weighted by Crippen LogP contribution is 2.03. The number of hydrogen-bond donors (Lipinski definition) is 2. The van der Waals surface area contributed by atoms with E-state index in [4.69, 9.17) is 14.2 Å². The first kappa shape index (κ1) is 17.8. The molecule has 1 atom stereocenters. The molecule has 0 aliphatic heterocycles. The van der Waals surface area contributed by atoms with Crippen molar-refractivity contribution in [2.45, 2.75) is 32.2 Å². The van der Waals surface area contributed by atoms with Crippen LogP contribution in [0.25, 0.3) is 0 Å². The van der Waals surface area contributed by atoms with Crippen molar-refractivity contribution in [2.75, 3.05) is 53.3 Å². The first-order valence-electron chi connectivity index (χ1n) is 6.69. The van der Waals surface area contributed by atoms with Crippen LogP contribution in [0.5, 0.6) is 0 Å². The molecule has 0 aliphatic carbocycles. The van der Waals surface area contributed by atoms with Crippen molar-refractivity contribution in [3.63, 3.8) is 0 Å². The smallest absolute Gasteiger partial charge is 0.0700 e. The van der Waals surface area contributed by atoms with Gasteiger partial charge in [-0.25, -0.2) is 0 Å².